The van der Waals surface area contributed by atoms with Gasteiger partial charge in [-0.1, -0.05) is 0 Å². The lowest BCUT2D eigenvalue weighted by Crippen LogP contribution is -2.21. The molecule has 4 aromatic rings. The van der Waals surface area contributed by atoms with Crippen molar-refractivity contribution in [3.05, 3.63) is 65.9 Å². The first-order valence-corrected chi connectivity index (χ1v) is 8.61. The van der Waals surface area contributed by atoms with E-state index >= 15 is 0 Å². The van der Waals surface area contributed by atoms with Crippen molar-refractivity contribution in [2.45, 2.75) is 0 Å². The van der Waals surface area contributed by atoms with Crippen LogP contribution in [0.25, 0.3) is 21.8 Å². The zero-order chi connectivity index (χ0) is 20.8. The summed E-state index contributed by atoms with van der Waals surface area (Å²) in [6, 6.07) is 6.53. The fourth-order valence-corrected chi connectivity index (χ4v) is 3.24. The molecule has 0 bridgehead atoms. The van der Waals surface area contributed by atoms with Gasteiger partial charge in [0, 0.05) is 0 Å². The first kappa shape index (κ1) is 19.8. The van der Waals surface area contributed by atoms with Crippen molar-refractivity contribution in [1.29, 1.82) is 0 Å². The molecule has 2 aromatic carbocycles. The van der Waals surface area contributed by atoms with Gasteiger partial charge in [0.05, 0.1) is 11.0 Å². The monoisotopic (exact) mass is 430 g/mol. The molecule has 160 valence electrons. The van der Waals surface area contributed by atoms with E-state index in [1.165, 1.54) is 0 Å². The topological polar surface area (TPSA) is 200 Å². The van der Waals surface area contributed by atoms with Crippen LogP contribution >= 0.6 is 0 Å². The molecule has 0 radical (unpaired) electrons. The summed E-state index contributed by atoms with van der Waals surface area (Å²) >= 11 is 0. The molecule has 2 aliphatic heterocycles. The maximum absolute atomic E-state index is 11.5. The van der Waals surface area contributed by atoms with Crippen LogP contribution in [0.5, 0.6) is 23.0 Å². The Balaban J connectivity index is 0.000000144. The normalized spacial score (nSPS) is 12.9. The Kier molecular flexibility index (Phi) is 4.71. The highest BCUT2D eigenvalue weighted by molar-refractivity contribution is 5.88. The van der Waals surface area contributed by atoms with E-state index in [9.17, 15) is 19.2 Å². The smallest absolute Gasteiger partial charge is 0.326 e. The Labute approximate surface area is 169 Å². The van der Waals surface area contributed by atoms with Gasteiger partial charge in [-0.25, -0.2) is 9.59 Å². The van der Waals surface area contributed by atoms with Crippen LogP contribution in [0.4, 0.5) is 0 Å². The van der Waals surface area contributed by atoms with Crippen LogP contribution in [0.15, 0.2) is 43.4 Å². The molecule has 0 unspecified atom stereocenters. The van der Waals surface area contributed by atoms with Crippen molar-refractivity contribution < 1.29 is 24.4 Å². The molecular weight excluding hydrogens is 416 g/mol. The Hall–Kier alpha value is -4.52. The van der Waals surface area contributed by atoms with Gasteiger partial charge in [0.15, 0.2) is 23.0 Å². The molecule has 13 nitrogen and oxygen atoms in total. The van der Waals surface area contributed by atoms with Crippen molar-refractivity contribution in [1.82, 2.24) is 19.9 Å². The van der Waals surface area contributed by atoms with Crippen LogP contribution < -0.4 is 41.4 Å². The van der Waals surface area contributed by atoms with Crippen LogP contribution in [0.1, 0.15) is 0 Å². The van der Waals surface area contributed by atoms with E-state index in [0.717, 1.165) is 0 Å². The van der Waals surface area contributed by atoms with Gasteiger partial charge in [-0.2, -0.15) is 0 Å². The first-order chi connectivity index (χ1) is 14.5. The molecule has 6 N–H and O–H groups in total. The SMILES string of the molecule is O.O=c1[nH]c(=O)c2c3c(ccc2[nH]1)OCO3.O=c1[nH]c(=O)c2c3c(ccc2[nH]1)OCO3. The number of nitrogens with one attached hydrogen (secondary N) is 4. The average molecular weight is 430 g/mol. The third-order valence-corrected chi connectivity index (χ3v) is 4.48. The average Bonchev–Trinajstić information content (AvgIpc) is 3.36. The zero-order valence-corrected chi connectivity index (χ0v) is 15.5. The van der Waals surface area contributed by atoms with Crippen molar-refractivity contribution in [3.8, 4) is 23.0 Å². The molecule has 0 atom stereocenters. The predicted octanol–water partition coefficient (Wildman–Crippen LogP) is -0.935. The van der Waals surface area contributed by atoms with Crippen LogP contribution in [0.3, 0.4) is 0 Å². The third kappa shape index (κ3) is 3.28. The molecule has 0 saturated heterocycles. The second-order valence-corrected chi connectivity index (χ2v) is 6.26. The molecule has 31 heavy (non-hydrogen) atoms. The Morgan fingerprint density at radius 1 is 0.581 bits per heavy atom. The maximum Gasteiger partial charge on any atom is 0.326 e. The third-order valence-electron chi connectivity index (χ3n) is 4.48. The van der Waals surface area contributed by atoms with Crippen LogP contribution in [0.2, 0.25) is 0 Å². The molecule has 0 aliphatic carbocycles. The lowest BCUT2D eigenvalue weighted by atomic mass is 10.2. The van der Waals surface area contributed by atoms with E-state index in [4.69, 9.17) is 18.9 Å². The number of hydrogen-bond donors (Lipinski definition) is 4. The van der Waals surface area contributed by atoms with Crippen molar-refractivity contribution in [3.63, 3.8) is 0 Å². The number of H-pyrrole nitrogens is 4. The highest BCUT2D eigenvalue weighted by Crippen LogP contribution is 2.37. The number of fused-ring (bicyclic) bond motifs is 6. The van der Waals surface area contributed by atoms with E-state index in [2.05, 4.69) is 19.9 Å². The van der Waals surface area contributed by atoms with Gasteiger partial charge in [-0.15, -0.1) is 0 Å². The summed E-state index contributed by atoms with van der Waals surface area (Å²) in [6.07, 6.45) is 0. The predicted molar refractivity (Wildman–Crippen MR) is 106 cm³/mol. The molecule has 13 heteroatoms. The fraction of sp³-hybridized carbons (Fsp3) is 0.111. The molecule has 2 aromatic heterocycles. The van der Waals surface area contributed by atoms with Gasteiger partial charge in [0.2, 0.25) is 13.6 Å². The van der Waals surface area contributed by atoms with Gasteiger partial charge >= 0.3 is 11.4 Å². The second kappa shape index (κ2) is 7.38. The minimum absolute atomic E-state index is 0. The number of benzene rings is 2. The lowest BCUT2D eigenvalue weighted by Gasteiger charge is -1.99. The van der Waals surface area contributed by atoms with Crippen molar-refractivity contribution in [2.75, 3.05) is 13.6 Å². The quantitative estimate of drug-likeness (QED) is 0.274. The summed E-state index contributed by atoms with van der Waals surface area (Å²) in [4.78, 5) is 54.4. The van der Waals surface area contributed by atoms with Crippen molar-refractivity contribution >= 4 is 21.8 Å². The van der Waals surface area contributed by atoms with E-state index in [0.29, 0.717) is 44.8 Å². The number of hydrogen-bond acceptors (Lipinski definition) is 8. The molecule has 0 saturated carbocycles. The number of rotatable bonds is 0. The molecule has 2 aliphatic rings. The van der Waals surface area contributed by atoms with Crippen LogP contribution in [0, 0.1) is 0 Å². The zero-order valence-electron chi connectivity index (χ0n) is 15.5. The van der Waals surface area contributed by atoms with Crippen LogP contribution in [-0.4, -0.2) is 39.0 Å². The van der Waals surface area contributed by atoms with Crippen molar-refractivity contribution in [2.24, 2.45) is 0 Å². The Morgan fingerprint density at radius 3 is 1.42 bits per heavy atom. The minimum atomic E-state index is -0.536. The standard InChI is InChI=1S/2C9H6N2O4.H2O/c2*12-8-6-4(10-9(13)11-8)1-2-5-7(6)15-3-14-5;/h2*1-2H,3H2,(H2,10,11,12,13);1H2. The molecule has 6 rings (SSSR count). The minimum Gasteiger partial charge on any atom is -0.454 e. The molecule has 0 spiro atoms. The summed E-state index contributed by atoms with van der Waals surface area (Å²) in [5.41, 5.74) is -1.15. The molecule has 4 heterocycles. The highest BCUT2D eigenvalue weighted by atomic mass is 16.7. The number of ether oxygens (including phenoxy) is 4. The first-order valence-electron chi connectivity index (χ1n) is 8.61. The molecule has 0 amide bonds. The van der Waals surface area contributed by atoms with E-state index < -0.39 is 22.5 Å². The molecule has 0 fully saturated rings. The second-order valence-electron chi connectivity index (χ2n) is 6.26. The summed E-state index contributed by atoms with van der Waals surface area (Å²) < 4.78 is 20.6. The van der Waals surface area contributed by atoms with Gasteiger partial charge in [0.25, 0.3) is 11.1 Å². The van der Waals surface area contributed by atoms with Crippen LogP contribution in [-0.2, 0) is 0 Å². The highest BCUT2D eigenvalue weighted by Gasteiger charge is 2.20. The fourth-order valence-electron chi connectivity index (χ4n) is 3.24. The number of aromatic nitrogens is 4. The lowest BCUT2D eigenvalue weighted by molar-refractivity contribution is 0.174. The van der Waals surface area contributed by atoms with E-state index in [1.807, 2.05) is 0 Å². The van der Waals surface area contributed by atoms with E-state index in [1.54, 1.807) is 24.3 Å². The van der Waals surface area contributed by atoms with Gasteiger partial charge < -0.3 is 34.4 Å². The Morgan fingerprint density at radius 2 is 1.00 bits per heavy atom. The maximum atomic E-state index is 11.5. The van der Waals surface area contributed by atoms with Gasteiger partial charge in [-0.05, 0) is 24.3 Å². The van der Waals surface area contributed by atoms with E-state index in [-0.39, 0.29) is 19.1 Å². The summed E-state index contributed by atoms with van der Waals surface area (Å²) in [7, 11) is 0. The van der Waals surface area contributed by atoms with Gasteiger partial charge in [0.1, 0.15) is 10.8 Å². The summed E-state index contributed by atoms with van der Waals surface area (Å²) in [6.45, 7) is 0.181. The largest absolute Gasteiger partial charge is 0.454 e. The summed E-state index contributed by atoms with van der Waals surface area (Å²) in [5, 5.41) is 0.620. The Bertz CT molecular complexity index is 1430. The number of aromatic amines is 4. The summed E-state index contributed by atoms with van der Waals surface area (Å²) in [5.74, 6) is 1.79. The molecular formula is C18H14N4O9. The van der Waals surface area contributed by atoms with Gasteiger partial charge in [-0.3, -0.25) is 19.6 Å².